The van der Waals surface area contributed by atoms with Crippen LogP contribution < -0.4 is 15.6 Å². The molecule has 0 saturated carbocycles. The zero-order valence-electron chi connectivity index (χ0n) is 11.3. The lowest BCUT2D eigenvalue weighted by atomic mass is 10.2. The lowest BCUT2D eigenvalue weighted by molar-refractivity contribution is -0.385. The summed E-state index contributed by atoms with van der Waals surface area (Å²) in [4.78, 5) is 10.2. The van der Waals surface area contributed by atoms with Crippen LogP contribution in [-0.2, 0) is 6.54 Å². The second-order valence-corrected chi connectivity index (χ2v) is 4.27. The molecule has 0 amide bonds. The number of nitrogens with one attached hydrogen (secondary N) is 2. The van der Waals surface area contributed by atoms with Crippen molar-refractivity contribution in [1.82, 2.24) is 5.43 Å². The van der Waals surface area contributed by atoms with Crippen LogP contribution in [0.5, 0.6) is 5.75 Å². The molecule has 0 bridgehead atoms. The number of anilines is 1. The molecular weight excluding hydrogens is 296 g/mol. The number of nitrogens with zero attached hydrogens (tertiary/aromatic N) is 1. The normalized spacial score (nSPS) is 10.5. The predicted molar refractivity (Wildman–Crippen MR) is 76.6 cm³/mol. The van der Waals surface area contributed by atoms with Crippen LogP contribution in [0.1, 0.15) is 5.56 Å². The summed E-state index contributed by atoms with van der Waals surface area (Å²) in [7, 11) is 0. The highest BCUT2D eigenvalue weighted by molar-refractivity contribution is 5.45. The van der Waals surface area contributed by atoms with E-state index in [1.54, 1.807) is 12.1 Å². The third-order valence-corrected chi connectivity index (χ3v) is 2.76. The van der Waals surface area contributed by atoms with Gasteiger partial charge in [0.1, 0.15) is 5.75 Å². The van der Waals surface area contributed by atoms with Crippen molar-refractivity contribution in [1.29, 1.82) is 0 Å². The number of halogens is 2. The maximum Gasteiger partial charge on any atom is 0.387 e. The number of hydrogen-bond acceptors (Lipinski definition) is 5. The van der Waals surface area contributed by atoms with Gasteiger partial charge < -0.3 is 10.2 Å². The molecule has 0 aliphatic heterocycles. The van der Waals surface area contributed by atoms with Gasteiger partial charge in [0.15, 0.2) is 0 Å². The molecular formula is C14H13F2N3O3. The molecule has 0 fully saturated rings. The SMILES string of the molecule is O=[N+]([O-])c1ccc(OC(F)F)c(CNNc2ccccc2)c1. The van der Waals surface area contributed by atoms with Crippen LogP contribution >= 0.6 is 0 Å². The number of nitro groups is 1. The number of ether oxygens (including phenoxy) is 1. The lowest BCUT2D eigenvalue weighted by Crippen LogP contribution is -2.21. The van der Waals surface area contributed by atoms with Gasteiger partial charge in [-0.1, -0.05) is 18.2 Å². The van der Waals surface area contributed by atoms with Crippen molar-refractivity contribution in [2.24, 2.45) is 0 Å². The van der Waals surface area contributed by atoms with E-state index in [0.29, 0.717) is 0 Å². The smallest absolute Gasteiger partial charge is 0.387 e. The highest BCUT2D eigenvalue weighted by atomic mass is 19.3. The number of benzene rings is 2. The van der Waals surface area contributed by atoms with E-state index in [2.05, 4.69) is 15.6 Å². The second-order valence-electron chi connectivity index (χ2n) is 4.27. The van der Waals surface area contributed by atoms with Crippen LogP contribution in [0.4, 0.5) is 20.2 Å². The average molecular weight is 309 g/mol. The Bertz CT molecular complexity index is 638. The summed E-state index contributed by atoms with van der Waals surface area (Å²) in [6.07, 6.45) is 0. The molecule has 2 aromatic carbocycles. The summed E-state index contributed by atoms with van der Waals surface area (Å²) in [5.74, 6) is -0.108. The van der Waals surface area contributed by atoms with Gasteiger partial charge in [0.05, 0.1) is 4.92 Å². The summed E-state index contributed by atoms with van der Waals surface area (Å²) in [5.41, 5.74) is 6.48. The third-order valence-electron chi connectivity index (χ3n) is 2.76. The third kappa shape index (κ3) is 4.38. The second kappa shape index (κ2) is 7.32. The van der Waals surface area contributed by atoms with Gasteiger partial charge in [0, 0.05) is 29.9 Å². The van der Waals surface area contributed by atoms with E-state index in [-0.39, 0.29) is 23.5 Å². The number of hydrazine groups is 1. The van der Waals surface area contributed by atoms with Crippen molar-refractivity contribution < 1.29 is 18.4 Å². The van der Waals surface area contributed by atoms with E-state index in [4.69, 9.17) is 0 Å². The Morgan fingerprint density at radius 1 is 1.18 bits per heavy atom. The number of para-hydroxylation sites is 1. The predicted octanol–water partition coefficient (Wildman–Crippen LogP) is 3.31. The topological polar surface area (TPSA) is 76.4 Å². The number of hydrogen-bond donors (Lipinski definition) is 2. The Hall–Kier alpha value is -2.74. The number of nitro benzene ring substituents is 1. The number of non-ortho nitro benzene ring substituents is 1. The average Bonchev–Trinajstić information content (AvgIpc) is 2.49. The van der Waals surface area contributed by atoms with Crippen LogP contribution in [0.25, 0.3) is 0 Å². The molecule has 0 aliphatic carbocycles. The monoisotopic (exact) mass is 309 g/mol. The first-order valence-corrected chi connectivity index (χ1v) is 6.32. The summed E-state index contributed by atoms with van der Waals surface area (Å²) in [6.45, 7) is -2.93. The van der Waals surface area contributed by atoms with Crippen LogP contribution in [-0.4, -0.2) is 11.5 Å². The van der Waals surface area contributed by atoms with Gasteiger partial charge in [-0.3, -0.25) is 10.1 Å². The van der Waals surface area contributed by atoms with E-state index < -0.39 is 11.5 Å². The molecule has 0 heterocycles. The highest BCUT2D eigenvalue weighted by Crippen LogP contribution is 2.25. The van der Waals surface area contributed by atoms with Crippen molar-refractivity contribution in [2.45, 2.75) is 13.2 Å². The first-order chi connectivity index (χ1) is 10.6. The fourth-order valence-electron chi connectivity index (χ4n) is 1.79. The van der Waals surface area contributed by atoms with Gasteiger partial charge in [-0.2, -0.15) is 8.78 Å². The zero-order valence-corrected chi connectivity index (χ0v) is 11.3. The molecule has 0 saturated heterocycles. The van der Waals surface area contributed by atoms with Gasteiger partial charge >= 0.3 is 6.61 Å². The van der Waals surface area contributed by atoms with Crippen LogP contribution in [0.15, 0.2) is 48.5 Å². The fourth-order valence-corrected chi connectivity index (χ4v) is 1.79. The Morgan fingerprint density at radius 2 is 1.91 bits per heavy atom. The molecule has 0 unspecified atom stereocenters. The van der Waals surface area contributed by atoms with E-state index in [0.717, 1.165) is 17.8 Å². The molecule has 0 spiro atoms. The van der Waals surface area contributed by atoms with Crippen LogP contribution in [0.2, 0.25) is 0 Å². The molecule has 0 aliphatic rings. The number of alkyl halides is 2. The lowest BCUT2D eigenvalue weighted by Gasteiger charge is -2.12. The molecule has 0 radical (unpaired) electrons. The number of rotatable bonds is 7. The van der Waals surface area contributed by atoms with E-state index in [1.807, 2.05) is 18.2 Å². The summed E-state index contributed by atoms with van der Waals surface area (Å²) >= 11 is 0. The minimum absolute atomic E-state index is 0.0681. The standard InChI is InChI=1S/C14H13F2N3O3/c15-14(16)22-13-7-6-12(19(20)21)8-10(13)9-17-18-11-4-2-1-3-5-11/h1-8,14,17-18H,9H2. The van der Waals surface area contributed by atoms with E-state index >= 15 is 0 Å². The minimum Gasteiger partial charge on any atom is -0.434 e. The zero-order chi connectivity index (χ0) is 15.9. The Balaban J connectivity index is 2.09. The Labute approximate surface area is 124 Å². The molecule has 6 nitrogen and oxygen atoms in total. The summed E-state index contributed by atoms with van der Waals surface area (Å²) in [5, 5.41) is 10.8. The maximum absolute atomic E-state index is 12.4. The van der Waals surface area contributed by atoms with Crippen LogP contribution in [0, 0.1) is 10.1 Å². The largest absolute Gasteiger partial charge is 0.434 e. The summed E-state index contributed by atoms with van der Waals surface area (Å²) in [6, 6.07) is 12.6. The van der Waals surface area contributed by atoms with Gasteiger partial charge in [0.25, 0.3) is 5.69 Å². The van der Waals surface area contributed by atoms with Crippen molar-refractivity contribution in [2.75, 3.05) is 5.43 Å². The van der Waals surface area contributed by atoms with Gasteiger partial charge in [-0.05, 0) is 18.2 Å². The van der Waals surface area contributed by atoms with Crippen molar-refractivity contribution in [3.8, 4) is 5.75 Å². The molecule has 2 N–H and O–H groups in total. The molecule has 22 heavy (non-hydrogen) atoms. The fraction of sp³-hybridized carbons (Fsp3) is 0.143. The Kier molecular flexibility index (Phi) is 5.21. The molecule has 2 rings (SSSR count). The van der Waals surface area contributed by atoms with E-state index in [1.165, 1.54) is 6.07 Å². The van der Waals surface area contributed by atoms with Crippen molar-refractivity contribution >= 4 is 11.4 Å². The van der Waals surface area contributed by atoms with Gasteiger partial charge in [-0.25, -0.2) is 5.43 Å². The van der Waals surface area contributed by atoms with Crippen molar-refractivity contribution in [3.63, 3.8) is 0 Å². The van der Waals surface area contributed by atoms with E-state index in [9.17, 15) is 18.9 Å². The molecule has 116 valence electrons. The molecule has 0 atom stereocenters. The Morgan fingerprint density at radius 3 is 2.55 bits per heavy atom. The molecule has 0 aromatic heterocycles. The van der Waals surface area contributed by atoms with Crippen LogP contribution in [0.3, 0.4) is 0 Å². The highest BCUT2D eigenvalue weighted by Gasteiger charge is 2.14. The van der Waals surface area contributed by atoms with Gasteiger partial charge in [0.2, 0.25) is 0 Å². The van der Waals surface area contributed by atoms with Gasteiger partial charge in [-0.15, -0.1) is 0 Å². The summed E-state index contributed by atoms with van der Waals surface area (Å²) < 4.78 is 29.1. The quantitative estimate of drug-likeness (QED) is 0.606. The molecule has 2 aromatic rings. The minimum atomic E-state index is -3.00. The van der Waals surface area contributed by atoms with Crippen molar-refractivity contribution in [3.05, 3.63) is 64.2 Å². The first kappa shape index (κ1) is 15.6. The first-order valence-electron chi connectivity index (χ1n) is 6.32. The maximum atomic E-state index is 12.4. The molecule has 8 heteroatoms.